The molecule has 1 aliphatic heterocycles. The summed E-state index contributed by atoms with van der Waals surface area (Å²) in [6, 6.07) is -0.176. The number of sulfonamides is 1. The third-order valence-corrected chi connectivity index (χ3v) is 3.61. The molecule has 72 valence electrons. The van der Waals surface area contributed by atoms with Crippen LogP contribution in [0, 0.1) is 0 Å². The lowest BCUT2D eigenvalue weighted by Gasteiger charge is -2.41. The first-order valence-electron chi connectivity index (χ1n) is 4.11. The minimum absolute atomic E-state index is 0.176. The van der Waals surface area contributed by atoms with Crippen molar-refractivity contribution in [2.24, 2.45) is 0 Å². The molecule has 1 aliphatic rings. The van der Waals surface area contributed by atoms with Gasteiger partial charge in [-0.2, -0.15) is 4.31 Å². The molecule has 1 heterocycles. The molecule has 0 bridgehead atoms. The highest BCUT2D eigenvalue weighted by atomic mass is 32.2. The van der Waals surface area contributed by atoms with Gasteiger partial charge in [-0.1, -0.05) is 6.92 Å². The Balaban J connectivity index is 2.61. The standard InChI is InChI=1S/C7H15NO3S/c1-3-7(9)6-4-5-8(6)12(2,10)11/h6-7,9H,3-5H2,1-2H3. The number of aliphatic hydroxyl groups excluding tert-OH is 1. The van der Waals surface area contributed by atoms with Gasteiger partial charge >= 0.3 is 0 Å². The molecule has 5 heteroatoms. The topological polar surface area (TPSA) is 57.6 Å². The predicted octanol–water partition coefficient (Wildman–Crippen LogP) is -0.209. The molecule has 2 unspecified atom stereocenters. The Bertz CT molecular complexity index is 249. The Labute approximate surface area is 73.2 Å². The van der Waals surface area contributed by atoms with Crippen molar-refractivity contribution in [2.75, 3.05) is 12.8 Å². The Kier molecular flexibility index (Phi) is 2.75. The van der Waals surface area contributed by atoms with Crippen LogP contribution in [-0.4, -0.2) is 42.8 Å². The van der Waals surface area contributed by atoms with E-state index in [1.54, 1.807) is 0 Å². The summed E-state index contributed by atoms with van der Waals surface area (Å²) in [5.74, 6) is 0. The summed E-state index contributed by atoms with van der Waals surface area (Å²) in [6.45, 7) is 2.41. The summed E-state index contributed by atoms with van der Waals surface area (Å²) >= 11 is 0. The number of rotatable bonds is 3. The maximum Gasteiger partial charge on any atom is 0.211 e. The third kappa shape index (κ3) is 1.78. The lowest BCUT2D eigenvalue weighted by molar-refractivity contribution is 0.0364. The molecule has 1 rings (SSSR count). The smallest absolute Gasteiger partial charge is 0.211 e. The zero-order valence-corrected chi connectivity index (χ0v) is 8.21. The number of hydrogen-bond acceptors (Lipinski definition) is 3. The first-order valence-corrected chi connectivity index (χ1v) is 5.96. The van der Waals surface area contributed by atoms with Crippen LogP contribution in [0.25, 0.3) is 0 Å². The lowest BCUT2D eigenvalue weighted by Crippen LogP contribution is -2.56. The van der Waals surface area contributed by atoms with Gasteiger partial charge in [0.25, 0.3) is 0 Å². The predicted molar refractivity (Wildman–Crippen MR) is 46.3 cm³/mol. The molecule has 0 aromatic carbocycles. The molecule has 4 nitrogen and oxygen atoms in total. The Morgan fingerprint density at radius 3 is 2.50 bits per heavy atom. The van der Waals surface area contributed by atoms with Gasteiger partial charge in [0.05, 0.1) is 18.4 Å². The Hall–Kier alpha value is -0.130. The zero-order chi connectivity index (χ0) is 9.35. The first kappa shape index (κ1) is 9.95. The van der Waals surface area contributed by atoms with Crippen LogP contribution in [-0.2, 0) is 10.0 Å². The summed E-state index contributed by atoms with van der Waals surface area (Å²) in [4.78, 5) is 0. The second kappa shape index (κ2) is 3.32. The monoisotopic (exact) mass is 193 g/mol. The van der Waals surface area contributed by atoms with Crippen LogP contribution >= 0.6 is 0 Å². The molecular formula is C7H15NO3S. The van der Waals surface area contributed by atoms with Gasteiger partial charge in [0.2, 0.25) is 10.0 Å². The van der Waals surface area contributed by atoms with Crippen molar-refractivity contribution >= 4 is 10.0 Å². The van der Waals surface area contributed by atoms with Gasteiger partial charge in [0.15, 0.2) is 0 Å². The van der Waals surface area contributed by atoms with Crippen molar-refractivity contribution in [2.45, 2.75) is 31.9 Å². The summed E-state index contributed by atoms with van der Waals surface area (Å²) in [6.07, 6.45) is 2.06. The van der Waals surface area contributed by atoms with Crippen molar-refractivity contribution in [3.05, 3.63) is 0 Å². The Morgan fingerprint density at radius 1 is 1.67 bits per heavy atom. The van der Waals surface area contributed by atoms with E-state index in [4.69, 9.17) is 0 Å². The molecule has 0 aromatic heterocycles. The van der Waals surface area contributed by atoms with Crippen molar-refractivity contribution < 1.29 is 13.5 Å². The molecule has 0 aliphatic carbocycles. The first-order chi connectivity index (χ1) is 5.46. The minimum atomic E-state index is -3.10. The molecule has 0 radical (unpaired) electrons. The van der Waals surface area contributed by atoms with E-state index in [1.165, 1.54) is 10.6 Å². The molecular weight excluding hydrogens is 178 g/mol. The highest BCUT2D eigenvalue weighted by Gasteiger charge is 2.38. The summed E-state index contributed by atoms with van der Waals surface area (Å²) in [5.41, 5.74) is 0. The van der Waals surface area contributed by atoms with Gasteiger partial charge < -0.3 is 5.11 Å². The normalized spacial score (nSPS) is 28.1. The molecule has 0 spiro atoms. The van der Waals surface area contributed by atoms with Crippen LogP contribution in [0.15, 0.2) is 0 Å². The highest BCUT2D eigenvalue weighted by molar-refractivity contribution is 7.88. The summed E-state index contributed by atoms with van der Waals surface area (Å²) in [7, 11) is -3.10. The second-order valence-corrected chi connectivity index (χ2v) is 5.14. The summed E-state index contributed by atoms with van der Waals surface area (Å²) < 4.78 is 23.5. The number of nitrogens with zero attached hydrogens (tertiary/aromatic N) is 1. The van der Waals surface area contributed by atoms with Crippen LogP contribution in [0.5, 0.6) is 0 Å². The van der Waals surface area contributed by atoms with E-state index >= 15 is 0 Å². The maximum absolute atomic E-state index is 11.1. The van der Waals surface area contributed by atoms with Gasteiger partial charge in [-0.3, -0.25) is 0 Å². The minimum Gasteiger partial charge on any atom is -0.391 e. The van der Waals surface area contributed by atoms with Crippen molar-refractivity contribution in [1.29, 1.82) is 0 Å². The molecule has 2 atom stereocenters. The van der Waals surface area contributed by atoms with Crippen molar-refractivity contribution in [3.63, 3.8) is 0 Å². The molecule has 12 heavy (non-hydrogen) atoms. The van der Waals surface area contributed by atoms with E-state index in [-0.39, 0.29) is 6.04 Å². The third-order valence-electron chi connectivity index (χ3n) is 2.30. The van der Waals surface area contributed by atoms with Gasteiger partial charge in [-0.25, -0.2) is 8.42 Å². The molecule has 1 saturated heterocycles. The van der Waals surface area contributed by atoms with Gasteiger partial charge in [0.1, 0.15) is 0 Å². The van der Waals surface area contributed by atoms with E-state index in [0.29, 0.717) is 13.0 Å². The fraction of sp³-hybridized carbons (Fsp3) is 1.00. The molecule has 0 amide bonds. The number of hydrogen-bond donors (Lipinski definition) is 1. The van der Waals surface area contributed by atoms with Crippen molar-refractivity contribution in [3.8, 4) is 0 Å². The van der Waals surface area contributed by atoms with Crippen LogP contribution in [0.1, 0.15) is 19.8 Å². The average Bonchev–Trinajstić information content (AvgIpc) is 1.80. The largest absolute Gasteiger partial charge is 0.391 e. The number of aliphatic hydroxyl groups is 1. The van der Waals surface area contributed by atoms with Crippen LogP contribution in [0.4, 0.5) is 0 Å². The summed E-state index contributed by atoms with van der Waals surface area (Å²) in [5, 5.41) is 9.41. The SMILES string of the molecule is CCC(O)C1CCN1S(C)(=O)=O. The molecule has 1 N–H and O–H groups in total. The highest BCUT2D eigenvalue weighted by Crippen LogP contribution is 2.24. The molecule has 0 saturated carbocycles. The molecule has 0 aromatic rings. The lowest BCUT2D eigenvalue weighted by atomic mass is 9.99. The second-order valence-electron chi connectivity index (χ2n) is 3.21. The zero-order valence-electron chi connectivity index (χ0n) is 7.40. The van der Waals surface area contributed by atoms with Crippen LogP contribution in [0.3, 0.4) is 0 Å². The van der Waals surface area contributed by atoms with E-state index in [2.05, 4.69) is 0 Å². The van der Waals surface area contributed by atoms with Gasteiger partial charge in [0, 0.05) is 6.54 Å². The van der Waals surface area contributed by atoms with Gasteiger partial charge in [-0.15, -0.1) is 0 Å². The fourth-order valence-corrected chi connectivity index (χ4v) is 2.63. The van der Waals surface area contributed by atoms with Gasteiger partial charge in [-0.05, 0) is 12.8 Å². The van der Waals surface area contributed by atoms with E-state index in [9.17, 15) is 13.5 Å². The van der Waals surface area contributed by atoms with E-state index in [0.717, 1.165) is 6.42 Å². The fourth-order valence-electron chi connectivity index (χ4n) is 1.45. The van der Waals surface area contributed by atoms with Crippen LogP contribution < -0.4 is 0 Å². The van der Waals surface area contributed by atoms with Crippen LogP contribution in [0.2, 0.25) is 0 Å². The quantitative estimate of drug-likeness (QED) is 0.675. The maximum atomic E-state index is 11.1. The van der Waals surface area contributed by atoms with E-state index in [1.807, 2.05) is 6.92 Å². The van der Waals surface area contributed by atoms with Crippen molar-refractivity contribution in [1.82, 2.24) is 4.31 Å². The molecule has 1 fully saturated rings. The Morgan fingerprint density at radius 2 is 2.25 bits per heavy atom. The van der Waals surface area contributed by atoms with E-state index < -0.39 is 16.1 Å². The average molecular weight is 193 g/mol.